The van der Waals surface area contributed by atoms with Crippen molar-refractivity contribution >= 4 is 40.9 Å². The first-order valence-corrected chi connectivity index (χ1v) is 10.4. The summed E-state index contributed by atoms with van der Waals surface area (Å²) in [5.41, 5.74) is 2.39. The Labute approximate surface area is 167 Å². The lowest BCUT2D eigenvalue weighted by atomic mass is 10.1. The minimum Gasteiger partial charge on any atom is -0.339 e. The lowest BCUT2D eigenvalue weighted by Crippen LogP contribution is -2.27. The van der Waals surface area contributed by atoms with Gasteiger partial charge in [0.2, 0.25) is 5.91 Å². The third kappa shape index (κ3) is 4.04. The van der Waals surface area contributed by atoms with E-state index in [4.69, 9.17) is 0 Å². The summed E-state index contributed by atoms with van der Waals surface area (Å²) < 4.78 is 0. The maximum atomic E-state index is 12.6. The smallest absolute Gasteiger partial charge is 0.255 e. The second kappa shape index (κ2) is 8.06. The molecule has 7 heteroatoms. The normalized spacial score (nSPS) is 16.1. The molecule has 0 bridgehead atoms. The number of nitrogens with zero attached hydrogens (tertiary/aromatic N) is 1. The number of hydrogen-bond acceptors (Lipinski definition) is 4. The van der Waals surface area contributed by atoms with Gasteiger partial charge in [-0.25, -0.2) is 0 Å². The lowest BCUT2D eigenvalue weighted by molar-refractivity contribution is -0.115. The van der Waals surface area contributed by atoms with E-state index in [2.05, 4.69) is 10.6 Å². The van der Waals surface area contributed by atoms with Crippen LogP contribution in [0, 0.1) is 0 Å². The minimum atomic E-state index is -0.259. The Morgan fingerprint density at radius 2 is 1.71 bits per heavy atom. The first kappa shape index (κ1) is 18.6. The highest BCUT2D eigenvalue weighted by Gasteiger charge is 2.19. The predicted octanol–water partition coefficient (Wildman–Crippen LogP) is 3.61. The van der Waals surface area contributed by atoms with Gasteiger partial charge >= 0.3 is 0 Å². The maximum absolute atomic E-state index is 12.6. The van der Waals surface area contributed by atoms with E-state index in [0.717, 1.165) is 36.6 Å². The van der Waals surface area contributed by atoms with Crippen molar-refractivity contribution in [2.45, 2.75) is 24.2 Å². The highest BCUT2D eigenvalue weighted by Crippen LogP contribution is 2.31. The SMILES string of the molecule is O=C1CCSc2ccc(C(=O)Nc3ccc(C(=O)N4CCCC4)cc3)cc2N1. The molecule has 144 valence electrons. The monoisotopic (exact) mass is 395 g/mol. The average Bonchev–Trinajstić information content (AvgIpc) is 3.17. The molecule has 0 unspecified atom stereocenters. The minimum absolute atomic E-state index is 0.0365. The first-order chi connectivity index (χ1) is 13.6. The lowest BCUT2D eigenvalue weighted by Gasteiger charge is -2.15. The van der Waals surface area contributed by atoms with Gasteiger partial charge in [0.05, 0.1) is 5.69 Å². The quantitative estimate of drug-likeness (QED) is 0.832. The molecule has 1 saturated heterocycles. The van der Waals surface area contributed by atoms with Gasteiger partial charge in [0.15, 0.2) is 0 Å². The summed E-state index contributed by atoms with van der Waals surface area (Å²) in [6.45, 7) is 1.62. The second-order valence-electron chi connectivity index (χ2n) is 6.89. The molecule has 28 heavy (non-hydrogen) atoms. The standard InChI is InChI=1S/C21H21N3O3S/c25-19-9-12-28-18-8-5-15(13-17(18)23-19)20(26)22-16-6-3-14(4-7-16)21(27)24-10-1-2-11-24/h3-8,13H,1-2,9-12H2,(H,22,26)(H,23,25). The Morgan fingerprint density at radius 1 is 1.00 bits per heavy atom. The van der Waals surface area contributed by atoms with Crippen molar-refractivity contribution in [2.75, 3.05) is 29.5 Å². The fourth-order valence-corrected chi connectivity index (χ4v) is 4.30. The summed E-state index contributed by atoms with van der Waals surface area (Å²) in [6, 6.07) is 12.3. The number of fused-ring (bicyclic) bond motifs is 1. The van der Waals surface area contributed by atoms with Crippen LogP contribution in [-0.2, 0) is 4.79 Å². The number of hydrogen-bond donors (Lipinski definition) is 2. The van der Waals surface area contributed by atoms with Crippen LogP contribution in [0.3, 0.4) is 0 Å². The largest absolute Gasteiger partial charge is 0.339 e. The molecule has 4 rings (SSSR count). The zero-order chi connectivity index (χ0) is 19.5. The first-order valence-electron chi connectivity index (χ1n) is 9.37. The predicted molar refractivity (Wildman–Crippen MR) is 110 cm³/mol. The maximum Gasteiger partial charge on any atom is 0.255 e. The average molecular weight is 395 g/mol. The molecule has 0 atom stereocenters. The van der Waals surface area contributed by atoms with Crippen LogP contribution < -0.4 is 10.6 Å². The van der Waals surface area contributed by atoms with E-state index in [0.29, 0.717) is 28.9 Å². The van der Waals surface area contributed by atoms with Crippen LogP contribution in [-0.4, -0.2) is 41.5 Å². The number of anilines is 2. The van der Waals surface area contributed by atoms with Crippen molar-refractivity contribution in [3.63, 3.8) is 0 Å². The van der Waals surface area contributed by atoms with E-state index in [1.54, 1.807) is 48.2 Å². The highest BCUT2D eigenvalue weighted by molar-refractivity contribution is 7.99. The molecular weight excluding hydrogens is 374 g/mol. The zero-order valence-corrected chi connectivity index (χ0v) is 16.2. The molecule has 0 radical (unpaired) electrons. The van der Waals surface area contributed by atoms with Gasteiger partial charge in [-0.1, -0.05) is 0 Å². The molecule has 2 heterocycles. The van der Waals surface area contributed by atoms with Crippen LogP contribution in [0.5, 0.6) is 0 Å². The Balaban J connectivity index is 1.45. The van der Waals surface area contributed by atoms with Crippen molar-refractivity contribution < 1.29 is 14.4 Å². The highest BCUT2D eigenvalue weighted by atomic mass is 32.2. The Kier molecular flexibility index (Phi) is 5.34. The van der Waals surface area contributed by atoms with Gasteiger partial charge in [-0.15, -0.1) is 11.8 Å². The van der Waals surface area contributed by atoms with Crippen LogP contribution >= 0.6 is 11.8 Å². The molecule has 2 aliphatic rings. The molecule has 0 aliphatic carbocycles. The number of nitrogens with one attached hydrogen (secondary N) is 2. The number of likely N-dealkylation sites (tertiary alicyclic amines) is 1. The summed E-state index contributed by atoms with van der Waals surface area (Å²) >= 11 is 1.60. The summed E-state index contributed by atoms with van der Waals surface area (Å²) in [5.74, 6) is 0.466. The van der Waals surface area contributed by atoms with Crippen LogP contribution in [0.1, 0.15) is 40.0 Å². The summed E-state index contributed by atoms with van der Waals surface area (Å²) in [7, 11) is 0. The molecule has 1 fully saturated rings. The molecule has 2 aromatic rings. The van der Waals surface area contributed by atoms with E-state index < -0.39 is 0 Å². The Morgan fingerprint density at radius 3 is 2.46 bits per heavy atom. The van der Waals surface area contributed by atoms with E-state index in [1.807, 2.05) is 11.0 Å². The second-order valence-corrected chi connectivity index (χ2v) is 8.03. The zero-order valence-electron chi connectivity index (χ0n) is 15.4. The Hall–Kier alpha value is -2.80. The number of benzene rings is 2. The molecular formula is C21H21N3O3S. The van der Waals surface area contributed by atoms with E-state index in [-0.39, 0.29) is 17.7 Å². The van der Waals surface area contributed by atoms with Gasteiger partial charge in [0, 0.05) is 47.0 Å². The van der Waals surface area contributed by atoms with Gasteiger partial charge < -0.3 is 15.5 Å². The third-order valence-corrected chi connectivity index (χ3v) is 5.96. The van der Waals surface area contributed by atoms with Crippen molar-refractivity contribution in [1.82, 2.24) is 4.90 Å². The number of carbonyl (C=O) groups is 3. The molecule has 0 aromatic heterocycles. The summed E-state index contributed by atoms with van der Waals surface area (Å²) in [4.78, 5) is 39.6. The van der Waals surface area contributed by atoms with Crippen molar-refractivity contribution in [1.29, 1.82) is 0 Å². The number of rotatable bonds is 3. The molecule has 3 amide bonds. The molecule has 2 aliphatic heterocycles. The fraction of sp³-hybridized carbons (Fsp3) is 0.286. The topological polar surface area (TPSA) is 78.5 Å². The molecule has 0 saturated carbocycles. The third-order valence-electron chi connectivity index (χ3n) is 4.89. The van der Waals surface area contributed by atoms with Gasteiger partial charge in [0.1, 0.15) is 0 Å². The summed E-state index contributed by atoms with van der Waals surface area (Å²) in [6.07, 6.45) is 2.57. The van der Waals surface area contributed by atoms with E-state index in [1.165, 1.54) is 0 Å². The van der Waals surface area contributed by atoms with Crippen LogP contribution in [0.2, 0.25) is 0 Å². The van der Waals surface area contributed by atoms with Crippen molar-refractivity contribution in [3.05, 3.63) is 53.6 Å². The van der Waals surface area contributed by atoms with E-state index in [9.17, 15) is 14.4 Å². The van der Waals surface area contributed by atoms with Crippen LogP contribution in [0.15, 0.2) is 47.4 Å². The van der Waals surface area contributed by atoms with Gasteiger partial charge in [-0.2, -0.15) is 0 Å². The number of thioether (sulfide) groups is 1. The number of amides is 3. The molecule has 6 nitrogen and oxygen atoms in total. The Bertz CT molecular complexity index is 921. The van der Waals surface area contributed by atoms with Crippen molar-refractivity contribution in [2.24, 2.45) is 0 Å². The van der Waals surface area contributed by atoms with Gasteiger partial charge in [-0.3, -0.25) is 14.4 Å². The summed E-state index contributed by atoms with van der Waals surface area (Å²) in [5, 5.41) is 5.69. The van der Waals surface area contributed by atoms with Crippen molar-refractivity contribution in [3.8, 4) is 0 Å². The molecule has 2 aromatic carbocycles. The van der Waals surface area contributed by atoms with Crippen LogP contribution in [0.4, 0.5) is 11.4 Å². The molecule has 2 N–H and O–H groups in total. The van der Waals surface area contributed by atoms with Crippen LogP contribution in [0.25, 0.3) is 0 Å². The van der Waals surface area contributed by atoms with Gasteiger partial charge in [0.25, 0.3) is 11.8 Å². The molecule has 0 spiro atoms. The number of carbonyl (C=O) groups excluding carboxylic acids is 3. The fourth-order valence-electron chi connectivity index (χ4n) is 3.36. The van der Waals surface area contributed by atoms with E-state index >= 15 is 0 Å². The van der Waals surface area contributed by atoms with Gasteiger partial charge in [-0.05, 0) is 55.3 Å².